The minimum Gasteiger partial charge on any atom is -0.307 e. The minimum absolute atomic E-state index is 0.0993. The molecule has 0 aliphatic rings. The first-order valence-corrected chi connectivity index (χ1v) is 4.41. The molecular formula is C10H11ClN2. The summed E-state index contributed by atoms with van der Waals surface area (Å²) in [4.78, 5) is 1.60. The molecule has 0 fully saturated rings. The first-order chi connectivity index (χ1) is 6.15. The van der Waals surface area contributed by atoms with Crippen molar-refractivity contribution in [3.63, 3.8) is 0 Å². The maximum absolute atomic E-state index is 8.67. The number of nitriles is 1. The number of rotatable bonds is 2. The second kappa shape index (κ2) is 4.15. The van der Waals surface area contributed by atoms with Gasteiger partial charge in [0.1, 0.15) is 0 Å². The molecule has 2 nitrogen and oxygen atoms in total. The summed E-state index contributed by atoms with van der Waals surface area (Å²) < 4.78 is 0. The Labute approximate surface area is 83.3 Å². The molecule has 0 aromatic heterocycles. The van der Waals surface area contributed by atoms with Gasteiger partial charge in [-0.1, -0.05) is 23.7 Å². The van der Waals surface area contributed by atoms with Crippen molar-refractivity contribution in [2.75, 3.05) is 7.05 Å². The predicted octanol–water partition coefficient (Wildman–Crippen LogP) is 2.81. The number of benzene rings is 1. The van der Waals surface area contributed by atoms with Crippen molar-refractivity contribution in [3.8, 4) is 6.19 Å². The summed E-state index contributed by atoms with van der Waals surface area (Å²) in [6, 6.07) is 7.63. The fourth-order valence-electron chi connectivity index (χ4n) is 1.05. The molecule has 1 unspecified atom stereocenters. The average molecular weight is 195 g/mol. The van der Waals surface area contributed by atoms with Gasteiger partial charge >= 0.3 is 0 Å². The van der Waals surface area contributed by atoms with Gasteiger partial charge in [-0.3, -0.25) is 0 Å². The molecule has 13 heavy (non-hydrogen) atoms. The molecule has 1 atom stereocenters. The van der Waals surface area contributed by atoms with Crippen molar-refractivity contribution in [2.45, 2.75) is 13.0 Å². The molecule has 0 aliphatic carbocycles. The van der Waals surface area contributed by atoms with Crippen LogP contribution in [0.4, 0.5) is 0 Å². The number of hydrogen-bond donors (Lipinski definition) is 0. The van der Waals surface area contributed by atoms with Crippen LogP contribution in [0.2, 0.25) is 5.02 Å². The lowest BCUT2D eigenvalue weighted by molar-refractivity contribution is 0.377. The van der Waals surface area contributed by atoms with Crippen LogP contribution in [0.15, 0.2) is 24.3 Å². The van der Waals surface area contributed by atoms with Gasteiger partial charge < -0.3 is 4.90 Å². The SMILES string of the molecule is CC(c1ccc(Cl)cc1)N(C)C#N. The first-order valence-electron chi connectivity index (χ1n) is 4.03. The highest BCUT2D eigenvalue weighted by Crippen LogP contribution is 2.19. The molecule has 0 saturated heterocycles. The van der Waals surface area contributed by atoms with E-state index in [9.17, 15) is 0 Å². The molecule has 0 radical (unpaired) electrons. The van der Waals surface area contributed by atoms with Crippen LogP contribution in [0, 0.1) is 11.5 Å². The first kappa shape index (κ1) is 9.88. The summed E-state index contributed by atoms with van der Waals surface area (Å²) in [6.07, 6.45) is 2.08. The Balaban J connectivity index is 2.84. The Morgan fingerprint density at radius 1 is 1.38 bits per heavy atom. The maximum atomic E-state index is 8.67. The molecule has 0 aliphatic heterocycles. The van der Waals surface area contributed by atoms with E-state index >= 15 is 0 Å². The summed E-state index contributed by atoms with van der Waals surface area (Å²) in [5.74, 6) is 0. The zero-order valence-electron chi connectivity index (χ0n) is 7.66. The molecule has 0 saturated carbocycles. The molecule has 1 aromatic carbocycles. The quantitative estimate of drug-likeness (QED) is 0.535. The van der Waals surface area contributed by atoms with Gasteiger partial charge in [0.2, 0.25) is 0 Å². The molecule has 0 amide bonds. The van der Waals surface area contributed by atoms with Crippen molar-refractivity contribution in [1.82, 2.24) is 4.90 Å². The Morgan fingerprint density at radius 3 is 2.38 bits per heavy atom. The van der Waals surface area contributed by atoms with Crippen LogP contribution in [-0.4, -0.2) is 11.9 Å². The zero-order chi connectivity index (χ0) is 9.84. The van der Waals surface area contributed by atoms with Gasteiger partial charge in [0.05, 0.1) is 6.04 Å². The standard InChI is InChI=1S/C10H11ClN2/c1-8(13(2)7-12)9-3-5-10(11)6-4-9/h3-6,8H,1-2H3. The van der Waals surface area contributed by atoms with E-state index in [2.05, 4.69) is 6.19 Å². The second-order valence-electron chi connectivity index (χ2n) is 2.94. The second-order valence-corrected chi connectivity index (χ2v) is 3.37. The zero-order valence-corrected chi connectivity index (χ0v) is 8.42. The Kier molecular flexibility index (Phi) is 3.16. The van der Waals surface area contributed by atoms with Gasteiger partial charge in [0, 0.05) is 12.1 Å². The number of hydrogen-bond acceptors (Lipinski definition) is 2. The fourth-order valence-corrected chi connectivity index (χ4v) is 1.18. The molecule has 0 bridgehead atoms. The highest BCUT2D eigenvalue weighted by atomic mass is 35.5. The molecule has 1 aromatic rings. The highest BCUT2D eigenvalue weighted by molar-refractivity contribution is 6.30. The highest BCUT2D eigenvalue weighted by Gasteiger charge is 2.08. The average Bonchev–Trinajstić information content (AvgIpc) is 2.17. The van der Waals surface area contributed by atoms with Crippen LogP contribution >= 0.6 is 11.6 Å². The van der Waals surface area contributed by atoms with E-state index in [4.69, 9.17) is 16.9 Å². The lowest BCUT2D eigenvalue weighted by Crippen LogP contribution is -2.15. The van der Waals surface area contributed by atoms with E-state index in [0.717, 1.165) is 10.6 Å². The van der Waals surface area contributed by atoms with Crippen LogP contribution < -0.4 is 0 Å². The third-order valence-electron chi connectivity index (χ3n) is 2.09. The molecule has 68 valence electrons. The molecule has 0 N–H and O–H groups in total. The van der Waals surface area contributed by atoms with Crippen LogP contribution in [0.25, 0.3) is 0 Å². The van der Waals surface area contributed by atoms with Gasteiger partial charge in [0.15, 0.2) is 6.19 Å². The largest absolute Gasteiger partial charge is 0.307 e. The maximum Gasteiger partial charge on any atom is 0.179 e. The van der Waals surface area contributed by atoms with Crippen molar-refractivity contribution < 1.29 is 0 Å². The van der Waals surface area contributed by atoms with Crippen LogP contribution in [0.1, 0.15) is 18.5 Å². The summed E-state index contributed by atoms with van der Waals surface area (Å²) in [6.45, 7) is 1.98. The molecular weight excluding hydrogens is 184 g/mol. The lowest BCUT2D eigenvalue weighted by Gasteiger charge is -2.18. The monoisotopic (exact) mass is 194 g/mol. The summed E-state index contributed by atoms with van der Waals surface area (Å²) >= 11 is 5.75. The summed E-state index contributed by atoms with van der Waals surface area (Å²) in [7, 11) is 1.76. The van der Waals surface area contributed by atoms with Gasteiger partial charge in [-0.15, -0.1) is 0 Å². The van der Waals surface area contributed by atoms with E-state index in [1.165, 1.54) is 0 Å². The molecule has 1 rings (SSSR count). The van der Waals surface area contributed by atoms with Gasteiger partial charge in [-0.05, 0) is 24.6 Å². The van der Waals surface area contributed by atoms with Crippen LogP contribution in [0.5, 0.6) is 0 Å². The van der Waals surface area contributed by atoms with Crippen molar-refractivity contribution in [2.24, 2.45) is 0 Å². The normalized spacial score (nSPS) is 11.8. The third-order valence-corrected chi connectivity index (χ3v) is 2.34. The van der Waals surface area contributed by atoms with E-state index in [1.807, 2.05) is 31.2 Å². The van der Waals surface area contributed by atoms with Gasteiger partial charge in [0.25, 0.3) is 0 Å². The minimum atomic E-state index is 0.0993. The van der Waals surface area contributed by atoms with Crippen molar-refractivity contribution in [1.29, 1.82) is 5.26 Å². The van der Waals surface area contributed by atoms with Gasteiger partial charge in [-0.25, -0.2) is 0 Å². The third kappa shape index (κ3) is 2.37. The smallest absolute Gasteiger partial charge is 0.179 e. The summed E-state index contributed by atoms with van der Waals surface area (Å²) in [5.41, 5.74) is 1.09. The molecule has 0 heterocycles. The Hall–Kier alpha value is -1.20. The van der Waals surface area contributed by atoms with E-state index < -0.39 is 0 Å². The van der Waals surface area contributed by atoms with E-state index in [1.54, 1.807) is 11.9 Å². The predicted molar refractivity (Wildman–Crippen MR) is 53.2 cm³/mol. The van der Waals surface area contributed by atoms with Crippen molar-refractivity contribution >= 4 is 11.6 Å². The van der Waals surface area contributed by atoms with E-state index in [0.29, 0.717) is 0 Å². The molecule has 0 spiro atoms. The summed E-state index contributed by atoms with van der Waals surface area (Å²) in [5, 5.41) is 9.39. The Morgan fingerprint density at radius 2 is 1.92 bits per heavy atom. The lowest BCUT2D eigenvalue weighted by atomic mass is 10.1. The molecule has 3 heteroatoms. The van der Waals surface area contributed by atoms with E-state index in [-0.39, 0.29) is 6.04 Å². The van der Waals surface area contributed by atoms with Crippen molar-refractivity contribution in [3.05, 3.63) is 34.9 Å². The van der Waals surface area contributed by atoms with Crippen LogP contribution in [0.3, 0.4) is 0 Å². The fraction of sp³-hybridized carbons (Fsp3) is 0.300. The number of halogens is 1. The number of nitrogens with zero attached hydrogens (tertiary/aromatic N) is 2. The Bertz CT molecular complexity index is 313. The van der Waals surface area contributed by atoms with Crippen LogP contribution in [-0.2, 0) is 0 Å². The topological polar surface area (TPSA) is 27.0 Å². The van der Waals surface area contributed by atoms with Gasteiger partial charge in [-0.2, -0.15) is 5.26 Å².